The molecule has 0 spiro atoms. The van der Waals surface area contributed by atoms with Crippen LogP contribution in [0.15, 0.2) is 54.7 Å². The highest BCUT2D eigenvalue weighted by Gasteiger charge is 2.07. The summed E-state index contributed by atoms with van der Waals surface area (Å²) in [6.07, 6.45) is 1.84. The molecule has 2 aromatic carbocycles. The van der Waals surface area contributed by atoms with Gasteiger partial charge in [0, 0.05) is 27.8 Å². The largest absolute Gasteiger partial charge is 0.483 e. The van der Waals surface area contributed by atoms with Crippen LogP contribution in [0.5, 0.6) is 5.75 Å². The summed E-state index contributed by atoms with van der Waals surface area (Å²) in [6, 6.07) is 14.6. The van der Waals surface area contributed by atoms with E-state index in [1.54, 1.807) is 24.3 Å². The zero-order valence-corrected chi connectivity index (χ0v) is 11.9. The zero-order valence-electron chi connectivity index (χ0n) is 11.1. The number of benzene rings is 2. The molecule has 0 aliphatic carbocycles. The number of carbonyl (C=O) groups is 1. The van der Waals surface area contributed by atoms with Crippen molar-refractivity contribution in [1.82, 2.24) is 4.98 Å². The molecule has 0 aliphatic rings. The van der Waals surface area contributed by atoms with Gasteiger partial charge in [-0.05, 0) is 36.4 Å². The van der Waals surface area contributed by atoms with Crippen molar-refractivity contribution >= 4 is 34.1 Å². The number of hydrogen-bond donors (Lipinski definition) is 2. The van der Waals surface area contributed by atoms with Crippen molar-refractivity contribution in [3.8, 4) is 5.75 Å². The van der Waals surface area contributed by atoms with Crippen molar-refractivity contribution in [3.05, 3.63) is 59.8 Å². The molecule has 0 aliphatic heterocycles. The molecule has 1 heterocycles. The van der Waals surface area contributed by atoms with Gasteiger partial charge in [0.05, 0.1) is 0 Å². The lowest BCUT2D eigenvalue weighted by atomic mass is 10.2. The maximum Gasteiger partial charge on any atom is 0.262 e. The van der Waals surface area contributed by atoms with Gasteiger partial charge in [0.15, 0.2) is 6.61 Å². The lowest BCUT2D eigenvalue weighted by molar-refractivity contribution is -0.118. The number of halogens is 1. The first-order chi connectivity index (χ1) is 10.2. The summed E-state index contributed by atoms with van der Waals surface area (Å²) in [6.45, 7) is -0.0587. The molecule has 0 fully saturated rings. The number of ether oxygens (including phenoxy) is 1. The third kappa shape index (κ3) is 3.17. The van der Waals surface area contributed by atoms with Crippen molar-refractivity contribution in [2.24, 2.45) is 0 Å². The fourth-order valence-corrected chi connectivity index (χ4v) is 2.28. The molecule has 4 nitrogen and oxygen atoms in total. The van der Waals surface area contributed by atoms with Crippen molar-refractivity contribution in [2.45, 2.75) is 0 Å². The first kappa shape index (κ1) is 13.5. The Morgan fingerprint density at radius 2 is 2.05 bits per heavy atom. The molecule has 3 aromatic rings. The molecule has 0 unspecified atom stereocenters. The van der Waals surface area contributed by atoms with Gasteiger partial charge < -0.3 is 15.0 Å². The van der Waals surface area contributed by atoms with Crippen molar-refractivity contribution in [1.29, 1.82) is 0 Å². The number of anilines is 1. The molecule has 0 radical (unpaired) electrons. The van der Waals surface area contributed by atoms with Crippen LogP contribution in [0.25, 0.3) is 10.9 Å². The monoisotopic (exact) mass is 300 g/mol. The maximum atomic E-state index is 11.9. The summed E-state index contributed by atoms with van der Waals surface area (Å²) in [7, 11) is 0. The Kier molecular flexibility index (Phi) is 3.79. The van der Waals surface area contributed by atoms with Gasteiger partial charge in [0.25, 0.3) is 5.91 Å². The normalized spacial score (nSPS) is 10.5. The summed E-state index contributed by atoms with van der Waals surface area (Å²) in [4.78, 5) is 15.0. The number of aromatic amines is 1. The molecule has 0 atom stereocenters. The van der Waals surface area contributed by atoms with E-state index in [-0.39, 0.29) is 12.5 Å². The summed E-state index contributed by atoms with van der Waals surface area (Å²) >= 11 is 5.87. The maximum absolute atomic E-state index is 11.9. The topological polar surface area (TPSA) is 54.1 Å². The second-order valence-corrected chi connectivity index (χ2v) is 4.98. The number of fused-ring (bicyclic) bond motifs is 1. The van der Waals surface area contributed by atoms with E-state index >= 15 is 0 Å². The molecule has 0 saturated heterocycles. The second kappa shape index (κ2) is 5.89. The zero-order chi connectivity index (χ0) is 14.7. The van der Waals surface area contributed by atoms with Gasteiger partial charge in [-0.2, -0.15) is 0 Å². The predicted octanol–water partition coefficient (Wildman–Crippen LogP) is 3.84. The van der Waals surface area contributed by atoms with Crippen molar-refractivity contribution in [3.63, 3.8) is 0 Å². The van der Waals surface area contributed by atoms with Crippen molar-refractivity contribution in [2.75, 3.05) is 11.9 Å². The van der Waals surface area contributed by atoms with E-state index in [4.69, 9.17) is 16.3 Å². The molecule has 21 heavy (non-hydrogen) atoms. The van der Waals surface area contributed by atoms with Gasteiger partial charge in [-0.1, -0.05) is 23.7 Å². The van der Waals surface area contributed by atoms with Crippen LogP contribution in [0.2, 0.25) is 5.02 Å². The predicted molar refractivity (Wildman–Crippen MR) is 83.9 cm³/mol. The van der Waals surface area contributed by atoms with E-state index in [2.05, 4.69) is 10.3 Å². The Hall–Kier alpha value is -2.46. The van der Waals surface area contributed by atoms with E-state index in [1.165, 1.54) is 0 Å². The fourth-order valence-electron chi connectivity index (χ4n) is 2.09. The smallest absolute Gasteiger partial charge is 0.262 e. The average Bonchev–Trinajstić information content (AvgIpc) is 2.94. The molecular formula is C16H13ClN2O2. The molecular weight excluding hydrogens is 288 g/mol. The van der Waals surface area contributed by atoms with Crippen LogP contribution in [-0.2, 0) is 4.79 Å². The third-order valence-corrected chi connectivity index (χ3v) is 3.26. The molecule has 1 aromatic heterocycles. The molecule has 5 heteroatoms. The Morgan fingerprint density at radius 1 is 1.19 bits per heavy atom. The van der Waals surface area contributed by atoms with E-state index in [0.29, 0.717) is 16.5 Å². The van der Waals surface area contributed by atoms with E-state index in [1.807, 2.05) is 30.5 Å². The minimum absolute atomic E-state index is 0.0587. The van der Waals surface area contributed by atoms with Crippen LogP contribution in [0, 0.1) is 0 Å². The summed E-state index contributed by atoms with van der Waals surface area (Å²) in [5.74, 6) is 0.444. The van der Waals surface area contributed by atoms with E-state index in [9.17, 15) is 4.79 Å². The first-order valence-corrected chi connectivity index (χ1v) is 6.84. The summed E-state index contributed by atoms with van der Waals surface area (Å²) in [5, 5.41) is 4.27. The van der Waals surface area contributed by atoms with E-state index < -0.39 is 0 Å². The molecule has 1 amide bonds. The van der Waals surface area contributed by atoms with Crippen LogP contribution >= 0.6 is 11.6 Å². The number of carbonyl (C=O) groups excluding carboxylic acids is 1. The summed E-state index contributed by atoms with van der Waals surface area (Å²) < 4.78 is 5.58. The van der Waals surface area contributed by atoms with Gasteiger partial charge in [0.2, 0.25) is 0 Å². The minimum atomic E-state index is -0.232. The van der Waals surface area contributed by atoms with Crippen LogP contribution in [0.4, 0.5) is 5.69 Å². The Morgan fingerprint density at radius 3 is 2.90 bits per heavy atom. The van der Waals surface area contributed by atoms with Crippen LogP contribution in [0.1, 0.15) is 0 Å². The summed E-state index contributed by atoms with van der Waals surface area (Å²) in [5.41, 5.74) is 1.62. The Balaban J connectivity index is 1.65. The molecule has 0 saturated carbocycles. The highest BCUT2D eigenvalue weighted by atomic mass is 35.5. The number of hydrogen-bond acceptors (Lipinski definition) is 2. The lowest BCUT2D eigenvalue weighted by Gasteiger charge is -2.08. The number of nitrogens with one attached hydrogen (secondary N) is 2. The van der Waals surface area contributed by atoms with Crippen LogP contribution < -0.4 is 10.1 Å². The molecule has 3 rings (SSSR count). The first-order valence-electron chi connectivity index (χ1n) is 6.47. The number of aromatic nitrogens is 1. The Bertz CT molecular complexity index is 783. The van der Waals surface area contributed by atoms with Crippen LogP contribution in [0.3, 0.4) is 0 Å². The average molecular weight is 301 g/mol. The van der Waals surface area contributed by atoms with E-state index in [0.717, 1.165) is 10.9 Å². The van der Waals surface area contributed by atoms with Gasteiger partial charge in [0.1, 0.15) is 5.75 Å². The number of amides is 1. The van der Waals surface area contributed by atoms with Crippen LogP contribution in [-0.4, -0.2) is 17.5 Å². The van der Waals surface area contributed by atoms with Crippen molar-refractivity contribution < 1.29 is 9.53 Å². The molecule has 2 N–H and O–H groups in total. The third-order valence-electron chi connectivity index (χ3n) is 3.02. The lowest BCUT2D eigenvalue weighted by Crippen LogP contribution is -2.20. The highest BCUT2D eigenvalue weighted by Crippen LogP contribution is 2.24. The van der Waals surface area contributed by atoms with Gasteiger partial charge in [-0.3, -0.25) is 4.79 Å². The quantitative estimate of drug-likeness (QED) is 0.769. The fraction of sp³-hybridized carbons (Fsp3) is 0.0625. The number of H-pyrrole nitrogens is 1. The van der Waals surface area contributed by atoms with Gasteiger partial charge >= 0.3 is 0 Å². The standard InChI is InChI=1S/C16H13ClN2O2/c17-11-3-1-4-12(9-11)19-16(20)10-21-15-6-2-5-14-13(15)7-8-18-14/h1-9,18H,10H2,(H,19,20). The molecule has 0 bridgehead atoms. The highest BCUT2D eigenvalue weighted by molar-refractivity contribution is 6.30. The van der Waals surface area contributed by atoms with Gasteiger partial charge in [-0.25, -0.2) is 0 Å². The number of rotatable bonds is 4. The second-order valence-electron chi connectivity index (χ2n) is 4.54. The Labute approximate surface area is 126 Å². The SMILES string of the molecule is O=C(COc1cccc2[nH]ccc12)Nc1cccc(Cl)c1. The molecule has 106 valence electrons. The van der Waals surface area contributed by atoms with Gasteiger partial charge in [-0.15, -0.1) is 0 Å². The minimum Gasteiger partial charge on any atom is -0.483 e.